The van der Waals surface area contributed by atoms with Crippen LogP contribution < -0.4 is 0 Å². The van der Waals surface area contributed by atoms with Gasteiger partial charge in [0.25, 0.3) is 0 Å². The molecule has 0 atom stereocenters. The second kappa shape index (κ2) is 4.22. The lowest BCUT2D eigenvalue weighted by molar-refractivity contribution is 0.755. The summed E-state index contributed by atoms with van der Waals surface area (Å²) in [5.74, 6) is 0. The van der Waals surface area contributed by atoms with E-state index < -0.39 is 0 Å². The van der Waals surface area contributed by atoms with Crippen molar-refractivity contribution in [2.45, 2.75) is 39.7 Å². The molecule has 0 N–H and O–H groups in total. The highest BCUT2D eigenvalue weighted by Crippen LogP contribution is 2.05. The normalized spacial score (nSPS) is 10.4. The van der Waals surface area contributed by atoms with Crippen LogP contribution in [0.15, 0.2) is 18.5 Å². The van der Waals surface area contributed by atoms with Gasteiger partial charge in [-0.05, 0) is 31.4 Å². The molecule has 62 valence electrons. The predicted octanol–water partition coefficient (Wildman–Crippen LogP) is 2.85. The first-order valence-electron chi connectivity index (χ1n) is 4.51. The number of hydrogen-bond acceptors (Lipinski definition) is 0. The number of aromatic nitrogens is 1. The summed E-state index contributed by atoms with van der Waals surface area (Å²) in [6.45, 7) is 5.49. The molecule has 0 bridgehead atoms. The van der Waals surface area contributed by atoms with Crippen LogP contribution in [0.2, 0.25) is 0 Å². The van der Waals surface area contributed by atoms with Gasteiger partial charge in [-0.1, -0.05) is 13.3 Å². The van der Waals surface area contributed by atoms with Gasteiger partial charge in [0.2, 0.25) is 0 Å². The van der Waals surface area contributed by atoms with Crippen molar-refractivity contribution in [3.8, 4) is 0 Å². The Labute approximate surface area is 69.0 Å². The second-order valence-corrected chi connectivity index (χ2v) is 2.95. The maximum Gasteiger partial charge on any atom is 0.0191 e. The molecule has 0 spiro atoms. The molecule has 1 aromatic heterocycles. The first-order valence-corrected chi connectivity index (χ1v) is 4.51. The standard InChI is InChI=1S/C10H17N/c1-3-5-6-10-7-8-11(4-2)9-10/h7-9H,3-6H2,1-2H3. The number of nitrogens with zero attached hydrogens (tertiary/aromatic N) is 1. The van der Waals surface area contributed by atoms with Gasteiger partial charge >= 0.3 is 0 Å². The molecule has 0 amide bonds. The molecular formula is C10H17N. The maximum absolute atomic E-state index is 2.25. The van der Waals surface area contributed by atoms with E-state index in [1.807, 2.05) is 0 Å². The Hall–Kier alpha value is -0.720. The van der Waals surface area contributed by atoms with Crippen molar-refractivity contribution in [2.75, 3.05) is 0 Å². The molecule has 0 aliphatic heterocycles. The number of unbranched alkanes of at least 4 members (excludes halogenated alkanes) is 1. The minimum atomic E-state index is 1.09. The largest absolute Gasteiger partial charge is 0.354 e. The van der Waals surface area contributed by atoms with E-state index in [-0.39, 0.29) is 0 Å². The summed E-state index contributed by atoms with van der Waals surface area (Å²) in [6.07, 6.45) is 8.25. The SMILES string of the molecule is CCCCc1ccn(CC)c1. The summed E-state index contributed by atoms with van der Waals surface area (Å²) < 4.78 is 2.23. The quantitative estimate of drug-likeness (QED) is 0.623. The van der Waals surface area contributed by atoms with E-state index in [2.05, 4.69) is 36.9 Å². The summed E-state index contributed by atoms with van der Waals surface area (Å²) in [7, 11) is 0. The first-order chi connectivity index (χ1) is 5.36. The van der Waals surface area contributed by atoms with Crippen LogP contribution in [-0.4, -0.2) is 4.57 Å². The van der Waals surface area contributed by atoms with E-state index in [0.29, 0.717) is 0 Å². The zero-order valence-corrected chi connectivity index (χ0v) is 7.51. The van der Waals surface area contributed by atoms with Crippen molar-refractivity contribution in [2.24, 2.45) is 0 Å². The van der Waals surface area contributed by atoms with E-state index >= 15 is 0 Å². The van der Waals surface area contributed by atoms with E-state index in [9.17, 15) is 0 Å². The first kappa shape index (κ1) is 8.38. The predicted molar refractivity (Wildman–Crippen MR) is 48.7 cm³/mol. The lowest BCUT2D eigenvalue weighted by atomic mass is 10.2. The van der Waals surface area contributed by atoms with Gasteiger partial charge in [0.1, 0.15) is 0 Å². The molecule has 0 radical (unpaired) electrons. The summed E-state index contributed by atoms with van der Waals surface area (Å²) in [5.41, 5.74) is 1.48. The Bertz CT molecular complexity index is 200. The Balaban J connectivity index is 2.44. The fourth-order valence-electron chi connectivity index (χ4n) is 1.22. The van der Waals surface area contributed by atoms with Crippen molar-refractivity contribution >= 4 is 0 Å². The van der Waals surface area contributed by atoms with Crippen molar-refractivity contribution in [3.63, 3.8) is 0 Å². The number of rotatable bonds is 4. The molecule has 0 aliphatic rings. The van der Waals surface area contributed by atoms with Gasteiger partial charge in [0.15, 0.2) is 0 Å². The molecule has 1 rings (SSSR count). The van der Waals surface area contributed by atoms with Crippen molar-refractivity contribution in [1.82, 2.24) is 4.57 Å². The van der Waals surface area contributed by atoms with Gasteiger partial charge in [0.05, 0.1) is 0 Å². The summed E-state index contributed by atoms with van der Waals surface area (Å²) >= 11 is 0. The molecule has 0 unspecified atom stereocenters. The summed E-state index contributed by atoms with van der Waals surface area (Å²) in [4.78, 5) is 0. The smallest absolute Gasteiger partial charge is 0.0191 e. The zero-order chi connectivity index (χ0) is 8.10. The summed E-state index contributed by atoms with van der Waals surface area (Å²) in [5, 5.41) is 0. The van der Waals surface area contributed by atoms with Crippen LogP contribution >= 0.6 is 0 Å². The molecule has 1 heterocycles. The average Bonchev–Trinajstić information content (AvgIpc) is 2.48. The Kier molecular flexibility index (Phi) is 3.21. The van der Waals surface area contributed by atoms with E-state index in [0.717, 1.165) is 6.54 Å². The highest BCUT2D eigenvalue weighted by molar-refractivity contribution is 5.10. The summed E-state index contributed by atoms with van der Waals surface area (Å²) in [6, 6.07) is 2.22. The molecule has 11 heavy (non-hydrogen) atoms. The fourth-order valence-corrected chi connectivity index (χ4v) is 1.22. The third-order valence-corrected chi connectivity index (χ3v) is 2.00. The molecule has 0 saturated heterocycles. The minimum Gasteiger partial charge on any atom is -0.354 e. The van der Waals surface area contributed by atoms with Gasteiger partial charge in [-0.25, -0.2) is 0 Å². The van der Waals surface area contributed by atoms with Crippen LogP contribution in [-0.2, 0) is 13.0 Å². The van der Waals surface area contributed by atoms with Gasteiger partial charge in [-0.2, -0.15) is 0 Å². The molecule has 1 nitrogen and oxygen atoms in total. The van der Waals surface area contributed by atoms with Crippen LogP contribution in [0.4, 0.5) is 0 Å². The molecule has 1 heteroatoms. The van der Waals surface area contributed by atoms with Crippen molar-refractivity contribution in [3.05, 3.63) is 24.0 Å². The number of hydrogen-bond donors (Lipinski definition) is 0. The number of aryl methyl sites for hydroxylation is 2. The van der Waals surface area contributed by atoms with Gasteiger partial charge in [-0.15, -0.1) is 0 Å². The third kappa shape index (κ3) is 2.41. The topological polar surface area (TPSA) is 4.93 Å². The average molecular weight is 151 g/mol. The van der Waals surface area contributed by atoms with Gasteiger partial charge in [-0.3, -0.25) is 0 Å². The van der Waals surface area contributed by atoms with Crippen LogP contribution in [0.5, 0.6) is 0 Å². The maximum atomic E-state index is 2.25. The molecule has 0 saturated carbocycles. The van der Waals surface area contributed by atoms with Crippen molar-refractivity contribution in [1.29, 1.82) is 0 Å². The van der Waals surface area contributed by atoms with Crippen LogP contribution in [0, 0.1) is 0 Å². The third-order valence-electron chi connectivity index (χ3n) is 2.00. The van der Waals surface area contributed by atoms with Crippen LogP contribution in [0.25, 0.3) is 0 Å². The van der Waals surface area contributed by atoms with Gasteiger partial charge in [0, 0.05) is 18.9 Å². The molecule has 0 aromatic carbocycles. The zero-order valence-electron chi connectivity index (χ0n) is 7.51. The lowest BCUT2D eigenvalue weighted by Crippen LogP contribution is -1.87. The Morgan fingerprint density at radius 1 is 1.36 bits per heavy atom. The van der Waals surface area contributed by atoms with Crippen LogP contribution in [0.3, 0.4) is 0 Å². The fraction of sp³-hybridized carbons (Fsp3) is 0.600. The van der Waals surface area contributed by atoms with E-state index in [1.165, 1.54) is 24.8 Å². The molecule has 0 fully saturated rings. The van der Waals surface area contributed by atoms with Crippen LogP contribution in [0.1, 0.15) is 32.3 Å². The molecule has 1 aromatic rings. The highest BCUT2D eigenvalue weighted by atomic mass is 14.9. The molecular weight excluding hydrogens is 134 g/mol. The van der Waals surface area contributed by atoms with E-state index in [4.69, 9.17) is 0 Å². The Morgan fingerprint density at radius 3 is 2.73 bits per heavy atom. The highest BCUT2D eigenvalue weighted by Gasteiger charge is 1.93. The van der Waals surface area contributed by atoms with E-state index in [1.54, 1.807) is 0 Å². The van der Waals surface area contributed by atoms with Crippen molar-refractivity contribution < 1.29 is 0 Å². The van der Waals surface area contributed by atoms with Gasteiger partial charge < -0.3 is 4.57 Å². The second-order valence-electron chi connectivity index (χ2n) is 2.95. The molecule has 0 aliphatic carbocycles. The minimum absolute atomic E-state index is 1.09. The Morgan fingerprint density at radius 2 is 2.18 bits per heavy atom. The monoisotopic (exact) mass is 151 g/mol. The lowest BCUT2D eigenvalue weighted by Gasteiger charge is -1.94.